The van der Waals surface area contributed by atoms with Crippen molar-refractivity contribution in [2.24, 2.45) is 11.3 Å². The number of hydrogen-bond donors (Lipinski definition) is 2. The lowest BCUT2D eigenvalue weighted by atomic mass is 9.80. The summed E-state index contributed by atoms with van der Waals surface area (Å²) in [6, 6.07) is 3.22. The molecule has 3 nitrogen and oxygen atoms in total. The summed E-state index contributed by atoms with van der Waals surface area (Å²) in [4.78, 5) is 4.13. The number of aromatic nitrogens is 1. The Morgan fingerprint density at radius 3 is 2.45 bits per heavy atom. The molecule has 0 aliphatic rings. The Balaban J connectivity index is 2.68. The van der Waals surface area contributed by atoms with Gasteiger partial charge in [-0.15, -0.1) is 0 Å². The molecular formula is C16H27FN2O. The van der Waals surface area contributed by atoms with Crippen LogP contribution in [0.5, 0.6) is 0 Å². The molecule has 0 aliphatic heterocycles. The zero-order valence-corrected chi connectivity index (χ0v) is 13.2. The predicted octanol–water partition coefficient (Wildman–Crippen LogP) is 3.30. The van der Waals surface area contributed by atoms with Crippen LogP contribution in [0.3, 0.4) is 0 Å². The molecule has 0 bridgehead atoms. The Bertz CT molecular complexity index is 403. The van der Waals surface area contributed by atoms with Crippen LogP contribution in [0.25, 0.3) is 0 Å². The van der Waals surface area contributed by atoms with Crippen LogP contribution in [0.15, 0.2) is 18.3 Å². The third kappa shape index (κ3) is 4.53. The molecule has 0 radical (unpaired) electrons. The normalized spacial score (nSPS) is 15.4. The minimum Gasteiger partial charge on any atom is -0.392 e. The van der Waals surface area contributed by atoms with E-state index >= 15 is 0 Å². The molecule has 1 aromatic heterocycles. The van der Waals surface area contributed by atoms with Crippen molar-refractivity contribution >= 4 is 0 Å². The summed E-state index contributed by atoms with van der Waals surface area (Å²) >= 11 is 0. The van der Waals surface area contributed by atoms with E-state index < -0.39 is 0 Å². The minimum absolute atomic E-state index is 0.0780. The molecule has 1 rings (SSSR count). The lowest BCUT2D eigenvalue weighted by Gasteiger charge is -2.34. The van der Waals surface area contributed by atoms with Crippen LogP contribution in [0, 0.1) is 17.2 Å². The van der Waals surface area contributed by atoms with Gasteiger partial charge in [-0.2, -0.15) is 0 Å². The minimum atomic E-state index is -0.367. The fraction of sp³-hybridized carbons (Fsp3) is 0.688. The van der Waals surface area contributed by atoms with Gasteiger partial charge in [-0.25, -0.2) is 4.39 Å². The maximum atomic E-state index is 12.9. The molecule has 1 aromatic rings. The van der Waals surface area contributed by atoms with Gasteiger partial charge in [0, 0.05) is 18.0 Å². The highest BCUT2D eigenvalue weighted by atomic mass is 19.1. The second-order valence-electron chi connectivity index (χ2n) is 6.42. The Morgan fingerprint density at radius 2 is 2.00 bits per heavy atom. The molecule has 0 fully saturated rings. The Labute approximate surface area is 121 Å². The predicted molar refractivity (Wildman–Crippen MR) is 79.9 cm³/mol. The standard InChI is InChI=1S/C16H27FN2O/c1-6-13(14-8-7-12(17)9-18-14)19-10-16(4,5)15(20)11(2)3/h7-9,11,13,15,19-20H,6,10H2,1-5H3. The van der Waals surface area contributed by atoms with Gasteiger partial charge < -0.3 is 10.4 Å². The van der Waals surface area contributed by atoms with Gasteiger partial charge in [-0.1, -0.05) is 34.6 Å². The lowest BCUT2D eigenvalue weighted by Crippen LogP contribution is -2.42. The quantitative estimate of drug-likeness (QED) is 0.806. The zero-order valence-electron chi connectivity index (χ0n) is 13.2. The number of nitrogens with zero attached hydrogens (tertiary/aromatic N) is 1. The van der Waals surface area contributed by atoms with Crippen LogP contribution in [-0.2, 0) is 0 Å². The molecular weight excluding hydrogens is 255 g/mol. The van der Waals surface area contributed by atoms with Gasteiger partial charge in [0.25, 0.3) is 0 Å². The molecule has 1 heterocycles. The first-order valence-corrected chi connectivity index (χ1v) is 7.30. The second-order valence-corrected chi connectivity index (χ2v) is 6.42. The average Bonchev–Trinajstić information content (AvgIpc) is 2.40. The van der Waals surface area contributed by atoms with Crippen LogP contribution in [0.1, 0.15) is 52.8 Å². The van der Waals surface area contributed by atoms with Crippen LogP contribution >= 0.6 is 0 Å². The monoisotopic (exact) mass is 282 g/mol. The largest absolute Gasteiger partial charge is 0.392 e. The summed E-state index contributed by atoms with van der Waals surface area (Å²) in [6.45, 7) is 10.9. The molecule has 20 heavy (non-hydrogen) atoms. The Morgan fingerprint density at radius 1 is 1.35 bits per heavy atom. The highest BCUT2D eigenvalue weighted by molar-refractivity contribution is 5.09. The number of halogens is 1. The van der Waals surface area contributed by atoms with E-state index in [0.29, 0.717) is 6.54 Å². The van der Waals surface area contributed by atoms with Crippen molar-refractivity contribution in [3.63, 3.8) is 0 Å². The SMILES string of the molecule is CCC(NCC(C)(C)C(O)C(C)C)c1ccc(F)cn1. The molecule has 0 aliphatic carbocycles. The summed E-state index contributed by atoms with van der Waals surface area (Å²) in [5.41, 5.74) is 0.616. The summed E-state index contributed by atoms with van der Waals surface area (Å²) in [5, 5.41) is 13.7. The third-order valence-electron chi connectivity index (χ3n) is 3.75. The van der Waals surface area contributed by atoms with Gasteiger partial charge in [0.2, 0.25) is 0 Å². The van der Waals surface area contributed by atoms with Crippen molar-refractivity contribution in [2.75, 3.05) is 6.54 Å². The fourth-order valence-corrected chi connectivity index (χ4v) is 2.44. The van der Waals surface area contributed by atoms with Crippen LogP contribution in [0.4, 0.5) is 4.39 Å². The smallest absolute Gasteiger partial charge is 0.141 e. The number of aliphatic hydroxyl groups excluding tert-OH is 1. The van der Waals surface area contributed by atoms with E-state index in [2.05, 4.69) is 31.1 Å². The summed E-state index contributed by atoms with van der Waals surface area (Å²) in [7, 11) is 0. The van der Waals surface area contributed by atoms with Crippen molar-refractivity contribution < 1.29 is 9.50 Å². The van der Waals surface area contributed by atoms with E-state index in [9.17, 15) is 9.50 Å². The number of pyridine rings is 1. The average molecular weight is 282 g/mol. The molecule has 4 heteroatoms. The lowest BCUT2D eigenvalue weighted by molar-refractivity contribution is 0.0119. The number of rotatable bonds is 7. The first-order valence-electron chi connectivity index (χ1n) is 7.30. The van der Waals surface area contributed by atoms with Crippen LogP contribution in [0.2, 0.25) is 0 Å². The van der Waals surface area contributed by atoms with E-state index in [1.165, 1.54) is 12.3 Å². The molecule has 2 N–H and O–H groups in total. The summed E-state index contributed by atoms with van der Waals surface area (Å²) in [6.07, 6.45) is 1.74. The van der Waals surface area contributed by atoms with Gasteiger partial charge in [0.1, 0.15) is 5.82 Å². The third-order valence-corrected chi connectivity index (χ3v) is 3.75. The van der Waals surface area contributed by atoms with Gasteiger partial charge >= 0.3 is 0 Å². The maximum Gasteiger partial charge on any atom is 0.141 e. The van der Waals surface area contributed by atoms with E-state index in [1.54, 1.807) is 6.07 Å². The van der Waals surface area contributed by atoms with Crippen molar-refractivity contribution in [1.82, 2.24) is 10.3 Å². The van der Waals surface area contributed by atoms with Gasteiger partial charge in [0.05, 0.1) is 18.0 Å². The van der Waals surface area contributed by atoms with Gasteiger partial charge in [-0.05, 0) is 24.5 Å². The van der Waals surface area contributed by atoms with Crippen molar-refractivity contribution in [3.8, 4) is 0 Å². The molecule has 0 saturated heterocycles. The summed E-state index contributed by atoms with van der Waals surface area (Å²) in [5.74, 6) is -0.102. The molecule has 2 atom stereocenters. The molecule has 0 saturated carbocycles. The Hall–Kier alpha value is -1.00. The fourth-order valence-electron chi connectivity index (χ4n) is 2.44. The molecule has 2 unspecified atom stereocenters. The van der Waals surface area contributed by atoms with Crippen LogP contribution in [-0.4, -0.2) is 22.7 Å². The van der Waals surface area contributed by atoms with Gasteiger partial charge in [0.15, 0.2) is 0 Å². The number of aliphatic hydroxyl groups is 1. The van der Waals surface area contributed by atoms with E-state index in [0.717, 1.165) is 12.1 Å². The topological polar surface area (TPSA) is 45.1 Å². The first-order chi connectivity index (χ1) is 9.27. The van der Waals surface area contributed by atoms with E-state index in [1.807, 2.05) is 13.8 Å². The van der Waals surface area contributed by atoms with Crippen molar-refractivity contribution in [2.45, 2.75) is 53.2 Å². The first kappa shape index (κ1) is 17.1. The second kappa shape index (κ2) is 7.14. The molecule has 0 spiro atoms. The zero-order chi connectivity index (χ0) is 15.3. The van der Waals surface area contributed by atoms with Gasteiger partial charge in [-0.3, -0.25) is 4.98 Å². The molecule has 114 valence electrons. The van der Waals surface area contributed by atoms with Crippen LogP contribution < -0.4 is 5.32 Å². The molecule has 0 amide bonds. The highest BCUT2D eigenvalue weighted by Crippen LogP contribution is 2.26. The Kier molecular flexibility index (Phi) is 6.08. The van der Waals surface area contributed by atoms with Crippen molar-refractivity contribution in [3.05, 3.63) is 29.8 Å². The highest BCUT2D eigenvalue weighted by Gasteiger charge is 2.30. The maximum absolute atomic E-state index is 12.9. The van der Waals surface area contributed by atoms with Crippen molar-refractivity contribution in [1.29, 1.82) is 0 Å². The van der Waals surface area contributed by atoms with E-state index in [4.69, 9.17) is 0 Å². The van der Waals surface area contributed by atoms with E-state index in [-0.39, 0.29) is 29.3 Å². The summed E-state index contributed by atoms with van der Waals surface area (Å²) < 4.78 is 12.9. The number of nitrogens with one attached hydrogen (secondary N) is 1. The molecule has 0 aromatic carbocycles. The number of hydrogen-bond acceptors (Lipinski definition) is 3.